The van der Waals surface area contributed by atoms with Crippen molar-refractivity contribution in [3.63, 3.8) is 0 Å². The first-order valence-corrected chi connectivity index (χ1v) is 6.30. The molecule has 2 aromatic rings. The topological polar surface area (TPSA) is 197 Å². The number of anilines is 4. The van der Waals surface area contributed by atoms with Crippen molar-refractivity contribution < 1.29 is 29.3 Å². The van der Waals surface area contributed by atoms with Crippen molar-refractivity contribution in [2.75, 3.05) is 22.9 Å². The molecule has 10 nitrogen and oxygen atoms in total. The first kappa shape index (κ1) is 18.2. The molecule has 2 aromatic carbocycles. The van der Waals surface area contributed by atoms with Gasteiger partial charge in [-0.2, -0.15) is 0 Å². The van der Waals surface area contributed by atoms with Crippen LogP contribution in [0.2, 0.25) is 0 Å². The highest BCUT2D eigenvalue weighted by molar-refractivity contribution is 5.69. The average molecular weight is 336 g/mol. The molecule has 0 bridgehead atoms. The monoisotopic (exact) mass is 336 g/mol. The Morgan fingerprint density at radius 1 is 0.708 bits per heavy atom. The third-order valence-electron chi connectivity index (χ3n) is 2.47. The summed E-state index contributed by atoms with van der Waals surface area (Å²) < 4.78 is 8.67. The molecule has 0 aliphatic heterocycles. The van der Waals surface area contributed by atoms with Gasteiger partial charge in [-0.1, -0.05) is 0 Å². The van der Waals surface area contributed by atoms with Crippen LogP contribution in [0.1, 0.15) is 0 Å². The van der Waals surface area contributed by atoms with Crippen LogP contribution in [0, 0.1) is 0 Å². The Morgan fingerprint density at radius 3 is 1.75 bits per heavy atom. The van der Waals surface area contributed by atoms with E-state index < -0.39 is 12.3 Å². The summed E-state index contributed by atoms with van der Waals surface area (Å²) in [7, 11) is 0. The van der Waals surface area contributed by atoms with E-state index in [0.717, 1.165) is 0 Å². The maximum Gasteiger partial charge on any atom is 0.511 e. The van der Waals surface area contributed by atoms with Crippen molar-refractivity contribution in [1.29, 1.82) is 0 Å². The second kappa shape index (κ2) is 7.98. The van der Waals surface area contributed by atoms with Gasteiger partial charge in [0.25, 0.3) is 0 Å². The zero-order chi connectivity index (χ0) is 18.3. The molecule has 0 unspecified atom stereocenters. The fraction of sp³-hybridized carbons (Fsp3) is 0. The van der Waals surface area contributed by atoms with Gasteiger partial charge in [0.15, 0.2) is 11.5 Å². The molecule has 0 aliphatic rings. The van der Waals surface area contributed by atoms with Gasteiger partial charge in [-0.05, 0) is 30.3 Å². The summed E-state index contributed by atoms with van der Waals surface area (Å²) in [6.45, 7) is 0. The second-order valence-electron chi connectivity index (χ2n) is 4.33. The van der Waals surface area contributed by atoms with Crippen LogP contribution in [-0.2, 0) is 0 Å². The zero-order valence-electron chi connectivity index (χ0n) is 12.3. The molecule has 0 radical (unpaired) electrons. The van der Waals surface area contributed by atoms with E-state index in [0.29, 0.717) is 11.4 Å². The number of carbonyl (C=O) groups is 2. The van der Waals surface area contributed by atoms with Gasteiger partial charge in [0.2, 0.25) is 0 Å². The Labute approximate surface area is 136 Å². The zero-order valence-corrected chi connectivity index (χ0v) is 12.3. The Hall–Kier alpha value is -3.82. The van der Waals surface area contributed by atoms with Gasteiger partial charge in [-0.3, -0.25) is 0 Å². The van der Waals surface area contributed by atoms with E-state index in [1.165, 1.54) is 30.3 Å². The van der Waals surface area contributed by atoms with E-state index in [2.05, 4.69) is 9.47 Å². The number of nitrogens with two attached hydrogens (primary N) is 4. The lowest BCUT2D eigenvalue weighted by molar-refractivity contribution is 0.143. The van der Waals surface area contributed by atoms with Gasteiger partial charge in [0.1, 0.15) is 0 Å². The van der Waals surface area contributed by atoms with E-state index in [4.69, 9.17) is 33.1 Å². The third kappa shape index (κ3) is 5.89. The smallest absolute Gasteiger partial charge is 0.449 e. The maximum atomic E-state index is 10.1. The summed E-state index contributed by atoms with van der Waals surface area (Å²) in [4.78, 5) is 20.2. The lowest BCUT2D eigenvalue weighted by atomic mass is 10.2. The van der Waals surface area contributed by atoms with E-state index in [-0.39, 0.29) is 22.9 Å². The molecular weight excluding hydrogens is 320 g/mol. The van der Waals surface area contributed by atoms with Crippen LogP contribution in [0.3, 0.4) is 0 Å². The standard InChI is InChI=1S/2C7H8N2O3/c8-4-1-2-6(5(9)3-4)12-7(10)11;8-4-1-2-5(9)6(3-4)12-7(10)11/h2*1-3H,8-9H2,(H,10,11). The van der Waals surface area contributed by atoms with Gasteiger partial charge in [-0.15, -0.1) is 0 Å². The highest BCUT2D eigenvalue weighted by Gasteiger charge is 2.05. The molecule has 0 atom stereocenters. The molecule has 0 saturated carbocycles. The van der Waals surface area contributed by atoms with E-state index >= 15 is 0 Å². The molecular formula is C14H16N4O6. The number of rotatable bonds is 2. The largest absolute Gasteiger partial charge is 0.511 e. The fourth-order valence-corrected chi connectivity index (χ4v) is 1.49. The Balaban J connectivity index is 0.000000240. The summed E-state index contributed by atoms with van der Waals surface area (Å²) in [6, 6.07) is 8.73. The van der Waals surface area contributed by atoms with Gasteiger partial charge in [0.05, 0.1) is 11.4 Å². The van der Waals surface area contributed by atoms with Crippen LogP contribution in [-0.4, -0.2) is 22.5 Å². The van der Waals surface area contributed by atoms with Crippen LogP contribution >= 0.6 is 0 Å². The fourth-order valence-electron chi connectivity index (χ4n) is 1.49. The number of hydrogen-bond acceptors (Lipinski definition) is 8. The van der Waals surface area contributed by atoms with Crippen molar-refractivity contribution in [1.82, 2.24) is 0 Å². The molecule has 10 N–H and O–H groups in total. The van der Waals surface area contributed by atoms with Crippen molar-refractivity contribution in [2.45, 2.75) is 0 Å². The van der Waals surface area contributed by atoms with Gasteiger partial charge < -0.3 is 42.6 Å². The minimum Gasteiger partial charge on any atom is -0.449 e. The van der Waals surface area contributed by atoms with Crippen LogP contribution in [0.25, 0.3) is 0 Å². The van der Waals surface area contributed by atoms with E-state index in [1.54, 1.807) is 6.07 Å². The van der Waals surface area contributed by atoms with Crippen LogP contribution in [0.4, 0.5) is 32.3 Å². The lowest BCUT2D eigenvalue weighted by Gasteiger charge is -2.03. The first-order chi connectivity index (χ1) is 11.2. The molecule has 0 saturated heterocycles. The number of ether oxygens (including phenoxy) is 2. The summed E-state index contributed by atoms with van der Waals surface area (Å²) in [5.41, 5.74) is 22.9. The third-order valence-corrected chi connectivity index (χ3v) is 2.47. The van der Waals surface area contributed by atoms with Gasteiger partial charge in [0, 0.05) is 17.4 Å². The predicted octanol–water partition coefficient (Wildman–Crippen LogP) is 1.82. The van der Waals surface area contributed by atoms with Crippen molar-refractivity contribution >= 4 is 35.1 Å². The van der Waals surface area contributed by atoms with Crippen LogP contribution < -0.4 is 32.4 Å². The molecule has 24 heavy (non-hydrogen) atoms. The summed E-state index contributed by atoms with van der Waals surface area (Å²) in [5.74, 6) is 0.152. The summed E-state index contributed by atoms with van der Waals surface area (Å²) >= 11 is 0. The quantitative estimate of drug-likeness (QED) is 0.267. The normalized spacial score (nSPS) is 9.33. The van der Waals surface area contributed by atoms with E-state index in [1.807, 2.05) is 0 Å². The minimum absolute atomic E-state index is 0.0579. The van der Waals surface area contributed by atoms with Gasteiger partial charge >= 0.3 is 12.3 Å². The highest BCUT2D eigenvalue weighted by atomic mass is 16.7. The molecule has 128 valence electrons. The number of nitrogen functional groups attached to an aromatic ring is 4. The molecule has 0 spiro atoms. The molecule has 0 aliphatic carbocycles. The van der Waals surface area contributed by atoms with Crippen LogP contribution in [0.15, 0.2) is 36.4 Å². The average Bonchev–Trinajstić information content (AvgIpc) is 2.46. The SMILES string of the molecule is Nc1ccc(N)c(OC(=O)O)c1.Nc1ccc(OC(=O)O)c(N)c1. The van der Waals surface area contributed by atoms with Crippen molar-refractivity contribution in [3.8, 4) is 11.5 Å². The molecule has 0 amide bonds. The number of benzene rings is 2. The summed E-state index contributed by atoms with van der Waals surface area (Å²) in [6.07, 6.45) is -2.81. The molecule has 0 aromatic heterocycles. The Bertz CT molecular complexity index is 750. The first-order valence-electron chi connectivity index (χ1n) is 6.30. The van der Waals surface area contributed by atoms with Gasteiger partial charge in [-0.25, -0.2) is 9.59 Å². The Morgan fingerprint density at radius 2 is 1.21 bits per heavy atom. The van der Waals surface area contributed by atoms with E-state index in [9.17, 15) is 9.59 Å². The molecule has 2 rings (SSSR count). The number of carboxylic acid groups (broad SMARTS) is 2. The number of hydrogen-bond donors (Lipinski definition) is 6. The molecule has 0 fully saturated rings. The minimum atomic E-state index is -1.41. The lowest BCUT2D eigenvalue weighted by Crippen LogP contribution is -2.05. The molecule has 0 heterocycles. The predicted molar refractivity (Wildman–Crippen MR) is 87.8 cm³/mol. The van der Waals surface area contributed by atoms with Crippen molar-refractivity contribution in [2.24, 2.45) is 0 Å². The molecule has 10 heteroatoms. The van der Waals surface area contributed by atoms with Crippen molar-refractivity contribution in [3.05, 3.63) is 36.4 Å². The summed E-state index contributed by atoms with van der Waals surface area (Å²) in [5, 5.41) is 16.5. The highest BCUT2D eigenvalue weighted by Crippen LogP contribution is 2.24. The second-order valence-corrected chi connectivity index (χ2v) is 4.33. The maximum absolute atomic E-state index is 10.1. The Kier molecular flexibility index (Phi) is 6.06. The van der Waals surface area contributed by atoms with Crippen LogP contribution in [0.5, 0.6) is 11.5 Å².